The minimum absolute atomic E-state index is 0. The zero-order chi connectivity index (χ0) is 17.5. The number of halogens is 2. The van der Waals surface area contributed by atoms with E-state index in [0.29, 0.717) is 23.3 Å². The second-order valence-corrected chi connectivity index (χ2v) is 5.68. The first-order chi connectivity index (χ1) is 11.5. The average Bonchev–Trinajstić information content (AvgIpc) is 3.02. The standard InChI is InChI=1S/C17H21ClN4O2.HI/c1-3-20-17(21-10-14-8-9-15(24-14)16(19)23)22-11(2)12-4-6-13(18)7-5-12;/h4-9,11H,3,10H2,1-2H3,(H2,19,23)(H2,20,21,22);1H. The summed E-state index contributed by atoms with van der Waals surface area (Å²) in [5.41, 5.74) is 6.27. The Hall–Kier alpha value is -1.74. The van der Waals surface area contributed by atoms with Crippen LogP contribution in [0.3, 0.4) is 0 Å². The highest BCUT2D eigenvalue weighted by molar-refractivity contribution is 14.0. The van der Waals surface area contributed by atoms with Crippen LogP contribution in [0.5, 0.6) is 0 Å². The number of carbonyl (C=O) groups is 1. The molecule has 1 aromatic carbocycles. The van der Waals surface area contributed by atoms with Crippen LogP contribution in [-0.2, 0) is 6.54 Å². The molecule has 4 N–H and O–H groups in total. The van der Waals surface area contributed by atoms with E-state index >= 15 is 0 Å². The van der Waals surface area contributed by atoms with Crippen molar-refractivity contribution in [3.8, 4) is 0 Å². The number of amides is 1. The summed E-state index contributed by atoms with van der Waals surface area (Å²) < 4.78 is 5.32. The Labute approximate surface area is 169 Å². The lowest BCUT2D eigenvalue weighted by atomic mass is 10.1. The lowest BCUT2D eigenvalue weighted by Crippen LogP contribution is -2.38. The van der Waals surface area contributed by atoms with Crippen LogP contribution in [0.15, 0.2) is 45.8 Å². The van der Waals surface area contributed by atoms with Gasteiger partial charge in [0.05, 0.1) is 6.04 Å². The van der Waals surface area contributed by atoms with Gasteiger partial charge in [-0.3, -0.25) is 4.79 Å². The number of nitrogens with one attached hydrogen (secondary N) is 2. The predicted molar refractivity (Wildman–Crippen MR) is 110 cm³/mol. The normalized spacial score (nSPS) is 12.2. The maximum absolute atomic E-state index is 11.0. The average molecular weight is 477 g/mol. The second-order valence-electron chi connectivity index (χ2n) is 5.24. The number of hydrogen-bond donors (Lipinski definition) is 3. The third-order valence-electron chi connectivity index (χ3n) is 3.36. The minimum atomic E-state index is -0.591. The van der Waals surface area contributed by atoms with Crippen molar-refractivity contribution in [3.63, 3.8) is 0 Å². The third-order valence-corrected chi connectivity index (χ3v) is 3.62. The summed E-state index contributed by atoms with van der Waals surface area (Å²) >= 11 is 5.91. The number of aliphatic imine (C=N–C) groups is 1. The molecule has 0 fully saturated rings. The summed E-state index contributed by atoms with van der Waals surface area (Å²) in [6.07, 6.45) is 0. The molecule has 136 valence electrons. The fraction of sp³-hybridized carbons (Fsp3) is 0.294. The van der Waals surface area contributed by atoms with E-state index in [-0.39, 0.29) is 35.8 Å². The molecule has 0 bridgehead atoms. The number of primary amides is 1. The van der Waals surface area contributed by atoms with Gasteiger partial charge in [-0.25, -0.2) is 4.99 Å². The molecule has 2 rings (SSSR count). The van der Waals surface area contributed by atoms with Gasteiger partial charge >= 0.3 is 0 Å². The van der Waals surface area contributed by atoms with Crippen LogP contribution in [0.25, 0.3) is 0 Å². The molecule has 0 aliphatic rings. The Balaban J connectivity index is 0.00000312. The van der Waals surface area contributed by atoms with Gasteiger partial charge in [0, 0.05) is 11.6 Å². The highest BCUT2D eigenvalue weighted by Gasteiger charge is 2.09. The lowest BCUT2D eigenvalue weighted by molar-refractivity contribution is 0.0972. The summed E-state index contributed by atoms with van der Waals surface area (Å²) in [5, 5.41) is 7.19. The van der Waals surface area contributed by atoms with Gasteiger partial charge in [0.15, 0.2) is 11.7 Å². The van der Waals surface area contributed by atoms with E-state index in [9.17, 15) is 4.79 Å². The van der Waals surface area contributed by atoms with E-state index in [0.717, 1.165) is 12.1 Å². The van der Waals surface area contributed by atoms with Gasteiger partial charge in [-0.15, -0.1) is 24.0 Å². The van der Waals surface area contributed by atoms with Gasteiger partial charge in [-0.1, -0.05) is 23.7 Å². The smallest absolute Gasteiger partial charge is 0.284 e. The summed E-state index contributed by atoms with van der Waals surface area (Å²) in [4.78, 5) is 15.5. The summed E-state index contributed by atoms with van der Waals surface area (Å²) in [6, 6.07) is 10.9. The first-order valence-electron chi connectivity index (χ1n) is 7.68. The Morgan fingerprint density at radius 2 is 1.96 bits per heavy atom. The van der Waals surface area contributed by atoms with Crippen molar-refractivity contribution in [1.82, 2.24) is 10.6 Å². The SMILES string of the molecule is CCNC(=NCc1ccc(C(N)=O)o1)NC(C)c1ccc(Cl)cc1.I. The molecule has 0 aliphatic carbocycles. The molecule has 0 spiro atoms. The molecule has 1 unspecified atom stereocenters. The molecule has 0 aliphatic heterocycles. The van der Waals surface area contributed by atoms with Gasteiger partial charge in [0.1, 0.15) is 12.3 Å². The first kappa shape index (κ1) is 21.3. The Morgan fingerprint density at radius 3 is 2.52 bits per heavy atom. The molecule has 1 atom stereocenters. The van der Waals surface area contributed by atoms with Gasteiger partial charge in [-0.2, -0.15) is 0 Å². The van der Waals surface area contributed by atoms with Crippen molar-refractivity contribution in [2.45, 2.75) is 26.4 Å². The Kier molecular flexibility index (Phi) is 8.77. The van der Waals surface area contributed by atoms with Crippen LogP contribution in [0, 0.1) is 0 Å². The van der Waals surface area contributed by atoms with Crippen LogP contribution in [0.4, 0.5) is 0 Å². The number of hydrogen-bond acceptors (Lipinski definition) is 3. The molecular formula is C17H22ClIN4O2. The topological polar surface area (TPSA) is 92.6 Å². The molecule has 1 amide bonds. The highest BCUT2D eigenvalue weighted by atomic mass is 127. The summed E-state index contributed by atoms with van der Waals surface area (Å²) in [6.45, 7) is 5.05. The number of guanidine groups is 1. The van der Waals surface area contributed by atoms with E-state index < -0.39 is 5.91 Å². The largest absolute Gasteiger partial charge is 0.454 e. The predicted octanol–water partition coefficient (Wildman–Crippen LogP) is 3.47. The fourth-order valence-electron chi connectivity index (χ4n) is 2.11. The van der Waals surface area contributed by atoms with E-state index in [1.807, 2.05) is 38.1 Å². The number of furan rings is 1. The van der Waals surface area contributed by atoms with Crippen molar-refractivity contribution in [1.29, 1.82) is 0 Å². The lowest BCUT2D eigenvalue weighted by Gasteiger charge is -2.18. The first-order valence-corrected chi connectivity index (χ1v) is 8.06. The number of nitrogens with zero attached hydrogens (tertiary/aromatic N) is 1. The van der Waals surface area contributed by atoms with E-state index in [1.165, 1.54) is 0 Å². The van der Waals surface area contributed by atoms with Gasteiger partial charge in [0.2, 0.25) is 0 Å². The molecule has 0 saturated carbocycles. The van der Waals surface area contributed by atoms with E-state index in [1.54, 1.807) is 12.1 Å². The molecule has 6 nitrogen and oxygen atoms in total. The summed E-state index contributed by atoms with van der Waals surface area (Å²) in [7, 11) is 0. The maximum Gasteiger partial charge on any atom is 0.284 e. The molecule has 0 radical (unpaired) electrons. The molecule has 2 aromatic rings. The van der Waals surface area contributed by atoms with Crippen molar-refractivity contribution in [3.05, 3.63) is 58.5 Å². The molecule has 1 heterocycles. The molecule has 1 aromatic heterocycles. The van der Waals surface area contributed by atoms with Crippen LogP contribution in [0.2, 0.25) is 5.02 Å². The second kappa shape index (κ2) is 10.3. The minimum Gasteiger partial charge on any atom is -0.454 e. The quantitative estimate of drug-likeness (QED) is 0.338. The molecule has 0 saturated heterocycles. The van der Waals surface area contributed by atoms with E-state index in [2.05, 4.69) is 15.6 Å². The Morgan fingerprint density at radius 1 is 1.28 bits per heavy atom. The third kappa shape index (κ3) is 6.58. The van der Waals surface area contributed by atoms with Crippen LogP contribution < -0.4 is 16.4 Å². The number of rotatable bonds is 6. The monoisotopic (exact) mass is 476 g/mol. The zero-order valence-electron chi connectivity index (χ0n) is 14.1. The zero-order valence-corrected chi connectivity index (χ0v) is 17.2. The van der Waals surface area contributed by atoms with Crippen LogP contribution in [-0.4, -0.2) is 18.4 Å². The van der Waals surface area contributed by atoms with Gasteiger partial charge in [0.25, 0.3) is 5.91 Å². The van der Waals surface area contributed by atoms with Crippen LogP contribution >= 0.6 is 35.6 Å². The van der Waals surface area contributed by atoms with Crippen LogP contribution in [0.1, 0.15) is 41.8 Å². The van der Waals surface area contributed by atoms with E-state index in [4.69, 9.17) is 21.8 Å². The number of nitrogens with two attached hydrogens (primary N) is 1. The molecule has 25 heavy (non-hydrogen) atoms. The molecule has 8 heteroatoms. The van der Waals surface area contributed by atoms with Crippen molar-refractivity contribution in [2.24, 2.45) is 10.7 Å². The van der Waals surface area contributed by atoms with Gasteiger partial charge < -0.3 is 20.8 Å². The highest BCUT2D eigenvalue weighted by Crippen LogP contribution is 2.16. The van der Waals surface area contributed by atoms with Crippen molar-refractivity contribution >= 4 is 47.4 Å². The Bertz CT molecular complexity index is 716. The van der Waals surface area contributed by atoms with Crippen molar-refractivity contribution < 1.29 is 9.21 Å². The number of benzene rings is 1. The number of carbonyl (C=O) groups excluding carboxylic acids is 1. The van der Waals surface area contributed by atoms with Crippen molar-refractivity contribution in [2.75, 3.05) is 6.54 Å². The fourth-order valence-corrected chi connectivity index (χ4v) is 2.24. The summed E-state index contributed by atoms with van der Waals surface area (Å²) in [5.74, 6) is 0.761. The van der Waals surface area contributed by atoms with Gasteiger partial charge in [-0.05, 0) is 43.7 Å². The molecular weight excluding hydrogens is 455 g/mol. The maximum atomic E-state index is 11.0.